The first-order valence-corrected chi connectivity index (χ1v) is 22.5. The van der Waals surface area contributed by atoms with E-state index in [1.165, 1.54) is 12.8 Å². The Labute approximate surface area is 234 Å². The van der Waals surface area contributed by atoms with Crippen LogP contribution in [-0.2, 0) is 8.85 Å². The third kappa shape index (κ3) is 7.61. The molecule has 1 fully saturated rings. The molecule has 36 heavy (non-hydrogen) atoms. The Bertz CT molecular complexity index is 750. The van der Waals surface area contributed by atoms with Gasteiger partial charge in [-0.25, -0.2) is 0 Å². The molecule has 0 aliphatic heterocycles. The fraction of sp³-hybridized carbons (Fsp3) is 0.933. The Kier molecular flexibility index (Phi) is 11.1. The zero-order chi connectivity index (χ0) is 28.6. The fourth-order valence-electron chi connectivity index (χ4n) is 5.04. The second kappa shape index (κ2) is 11.6. The predicted molar refractivity (Wildman–Crippen MR) is 165 cm³/mol. The quantitative estimate of drug-likeness (QED) is 0.188. The summed E-state index contributed by atoms with van der Waals surface area (Å²) in [5.41, 5.74) is 0.121. The van der Waals surface area contributed by atoms with Crippen molar-refractivity contribution in [3.63, 3.8) is 0 Å². The van der Waals surface area contributed by atoms with Crippen LogP contribution in [0.2, 0.25) is 46.4 Å². The first kappa shape index (κ1) is 34.6. The Morgan fingerprint density at radius 1 is 1.00 bits per heavy atom. The van der Waals surface area contributed by atoms with Gasteiger partial charge in [0.25, 0.3) is 0 Å². The minimum absolute atomic E-state index is 0.0634. The van der Waals surface area contributed by atoms with Crippen LogP contribution in [0.5, 0.6) is 0 Å². The molecule has 1 aliphatic carbocycles. The minimum atomic E-state index is -1.93. The van der Waals surface area contributed by atoms with Crippen LogP contribution in [0.4, 0.5) is 0 Å². The summed E-state index contributed by atoms with van der Waals surface area (Å²) in [5.74, 6) is 2.57. The van der Waals surface area contributed by atoms with Gasteiger partial charge in [-0.2, -0.15) is 0 Å². The van der Waals surface area contributed by atoms with Crippen molar-refractivity contribution in [2.24, 2.45) is 11.3 Å². The molecule has 0 bridgehead atoms. The van der Waals surface area contributed by atoms with E-state index in [4.69, 9.17) is 8.85 Å². The second-order valence-corrected chi connectivity index (χ2v) is 28.1. The summed E-state index contributed by atoms with van der Waals surface area (Å²) >= 11 is 0.312. The Hall–Kier alpha value is 0.573. The summed E-state index contributed by atoms with van der Waals surface area (Å²) in [6.07, 6.45) is 5.40. The van der Waals surface area contributed by atoms with Crippen molar-refractivity contribution in [1.29, 1.82) is 0 Å². The average Bonchev–Trinajstić information content (AvgIpc) is 2.69. The SMILES string of the molecule is C=C(C)C(O)(CC[C@]1(C)CCC[C@@H](O[Si](C)(C)C(C)(C)C)[C@H]1CO[Si](C)(C)C(C)(C)C)C(C)(C)[Se]C. The van der Waals surface area contributed by atoms with E-state index in [1.54, 1.807) is 0 Å². The molecule has 1 unspecified atom stereocenters. The van der Waals surface area contributed by atoms with Crippen LogP contribution in [0.3, 0.4) is 0 Å². The standard InChI is InChI=1S/C30H62O3SeSi2/c1-23(2)30(31,28(9,10)34-12)21-20-29(11)19-17-18-25(33-36(15,16)27(6,7)8)24(29)22-32-35(13,14)26(3,4)5/h24-25,31H,1,17-22H2,2-16H3/t24-,25-,29+,30?/m1/s1. The molecule has 0 aromatic carbocycles. The van der Waals surface area contributed by atoms with Crippen molar-refractivity contribution in [2.75, 3.05) is 6.61 Å². The number of hydrogen-bond donors (Lipinski definition) is 1. The van der Waals surface area contributed by atoms with E-state index >= 15 is 0 Å². The topological polar surface area (TPSA) is 38.7 Å². The molecule has 6 heteroatoms. The molecule has 0 aromatic rings. The molecular weight excluding hydrogens is 543 g/mol. The summed E-state index contributed by atoms with van der Waals surface area (Å²) in [6.45, 7) is 37.4. The van der Waals surface area contributed by atoms with Gasteiger partial charge in [0, 0.05) is 0 Å². The van der Waals surface area contributed by atoms with Crippen LogP contribution in [-0.4, -0.2) is 55.0 Å². The fourth-order valence-corrected chi connectivity index (χ4v) is 8.75. The molecule has 0 heterocycles. The molecule has 0 saturated heterocycles. The van der Waals surface area contributed by atoms with Crippen molar-refractivity contribution in [1.82, 2.24) is 0 Å². The Morgan fingerprint density at radius 3 is 1.92 bits per heavy atom. The van der Waals surface area contributed by atoms with Gasteiger partial charge in [0.15, 0.2) is 0 Å². The van der Waals surface area contributed by atoms with Gasteiger partial charge in [0.1, 0.15) is 0 Å². The number of hydrogen-bond acceptors (Lipinski definition) is 3. The second-order valence-electron chi connectivity index (χ2n) is 15.5. The van der Waals surface area contributed by atoms with Crippen LogP contribution in [0.25, 0.3) is 0 Å². The van der Waals surface area contributed by atoms with Crippen LogP contribution in [0, 0.1) is 11.3 Å². The van der Waals surface area contributed by atoms with Crippen molar-refractivity contribution >= 4 is 31.6 Å². The summed E-state index contributed by atoms with van der Waals surface area (Å²) in [4.78, 5) is 0. The number of aliphatic hydroxyl groups is 1. The molecule has 3 nitrogen and oxygen atoms in total. The number of rotatable bonds is 11. The van der Waals surface area contributed by atoms with Crippen molar-refractivity contribution in [3.8, 4) is 0 Å². The van der Waals surface area contributed by atoms with E-state index < -0.39 is 22.2 Å². The molecule has 1 saturated carbocycles. The maximum absolute atomic E-state index is 11.9. The van der Waals surface area contributed by atoms with Gasteiger partial charge in [0.2, 0.25) is 0 Å². The van der Waals surface area contributed by atoms with E-state index in [0.717, 1.165) is 31.4 Å². The monoisotopic (exact) mass is 606 g/mol. The van der Waals surface area contributed by atoms with Crippen LogP contribution >= 0.6 is 0 Å². The average molecular weight is 606 g/mol. The van der Waals surface area contributed by atoms with Gasteiger partial charge in [-0.3, -0.25) is 0 Å². The Morgan fingerprint density at radius 2 is 1.50 bits per heavy atom. The van der Waals surface area contributed by atoms with Crippen LogP contribution in [0.1, 0.15) is 101 Å². The van der Waals surface area contributed by atoms with Crippen LogP contribution in [0.15, 0.2) is 12.2 Å². The molecular formula is C30H62O3SeSi2. The van der Waals surface area contributed by atoms with Gasteiger partial charge in [-0.1, -0.05) is 0 Å². The molecule has 214 valence electrons. The van der Waals surface area contributed by atoms with Gasteiger partial charge in [0.05, 0.1) is 0 Å². The molecule has 0 radical (unpaired) electrons. The normalized spacial score (nSPS) is 26.6. The molecule has 1 rings (SSSR count). The van der Waals surface area contributed by atoms with Gasteiger partial charge in [-0.05, 0) is 0 Å². The molecule has 0 aromatic heterocycles. The molecule has 1 aliphatic rings. The molecule has 0 spiro atoms. The summed E-state index contributed by atoms with van der Waals surface area (Å²) in [6, 6.07) is 0. The zero-order valence-electron chi connectivity index (χ0n) is 26.8. The molecule has 1 N–H and O–H groups in total. The van der Waals surface area contributed by atoms with Gasteiger partial charge >= 0.3 is 235 Å². The van der Waals surface area contributed by atoms with Gasteiger partial charge < -0.3 is 0 Å². The van der Waals surface area contributed by atoms with E-state index in [1.807, 2.05) is 6.92 Å². The van der Waals surface area contributed by atoms with E-state index in [9.17, 15) is 5.11 Å². The van der Waals surface area contributed by atoms with E-state index in [2.05, 4.69) is 101 Å². The summed E-state index contributed by atoms with van der Waals surface area (Å²) in [7, 11) is -3.82. The van der Waals surface area contributed by atoms with Crippen molar-refractivity contribution in [3.05, 3.63) is 12.2 Å². The van der Waals surface area contributed by atoms with Gasteiger partial charge in [-0.15, -0.1) is 0 Å². The summed E-state index contributed by atoms with van der Waals surface area (Å²) < 4.78 is 13.9. The predicted octanol–water partition coefficient (Wildman–Crippen LogP) is 9.24. The van der Waals surface area contributed by atoms with E-state index in [0.29, 0.717) is 20.9 Å². The van der Waals surface area contributed by atoms with Crippen LogP contribution < -0.4 is 0 Å². The molecule has 4 atom stereocenters. The Balaban J connectivity index is 3.39. The first-order chi connectivity index (χ1) is 15.9. The van der Waals surface area contributed by atoms with E-state index in [-0.39, 0.29) is 25.9 Å². The zero-order valence-corrected chi connectivity index (χ0v) is 30.5. The third-order valence-electron chi connectivity index (χ3n) is 10.5. The summed E-state index contributed by atoms with van der Waals surface area (Å²) in [5, 5.41) is 12.3. The first-order valence-electron chi connectivity index (χ1n) is 14.1. The van der Waals surface area contributed by atoms with Crippen molar-refractivity contribution < 1.29 is 14.0 Å². The third-order valence-corrected chi connectivity index (χ3v) is 22.4. The van der Waals surface area contributed by atoms with Crippen molar-refractivity contribution in [2.45, 2.75) is 159 Å². The molecule has 0 amide bonds. The maximum atomic E-state index is 11.9.